The lowest BCUT2D eigenvalue weighted by Gasteiger charge is -2.46. The minimum atomic E-state index is 0.257. The van der Waals surface area contributed by atoms with Gasteiger partial charge in [-0.15, -0.1) is 6.58 Å². The average Bonchev–Trinajstić information content (AvgIpc) is 2.40. The first kappa shape index (κ1) is 15.1. The van der Waals surface area contributed by atoms with Crippen LogP contribution in [0.3, 0.4) is 0 Å². The van der Waals surface area contributed by atoms with Crippen molar-refractivity contribution in [2.24, 2.45) is 0 Å². The Labute approximate surface area is 124 Å². The SMILES string of the molecule is C=C(C)C[C@]1(c2ccc(C)cc2)CC/C1=C/CCCC. The molecule has 0 nitrogen and oxygen atoms in total. The molecular formula is C20H28. The second-order valence-corrected chi connectivity index (χ2v) is 6.45. The van der Waals surface area contributed by atoms with Crippen molar-refractivity contribution in [2.75, 3.05) is 0 Å². The molecule has 0 saturated heterocycles. The molecule has 0 heteroatoms. The fourth-order valence-electron chi connectivity index (χ4n) is 3.37. The number of hydrogen-bond acceptors (Lipinski definition) is 0. The molecule has 1 aliphatic rings. The highest BCUT2D eigenvalue weighted by Gasteiger charge is 2.42. The molecule has 0 bridgehead atoms. The first-order valence-corrected chi connectivity index (χ1v) is 7.99. The molecule has 0 amide bonds. The van der Waals surface area contributed by atoms with Crippen LogP contribution in [0.1, 0.15) is 63.5 Å². The minimum absolute atomic E-state index is 0.257. The van der Waals surface area contributed by atoms with E-state index in [0.29, 0.717) is 0 Å². The topological polar surface area (TPSA) is 0 Å². The maximum absolute atomic E-state index is 4.17. The molecule has 1 saturated carbocycles. The van der Waals surface area contributed by atoms with Crippen LogP contribution in [0.15, 0.2) is 48.1 Å². The largest absolute Gasteiger partial charge is 0.100 e. The first-order valence-electron chi connectivity index (χ1n) is 7.99. The quantitative estimate of drug-likeness (QED) is 0.431. The standard InChI is InChI=1S/C20H28/c1-5-6-7-8-18-13-14-20(18,15-16(2)3)19-11-9-17(4)10-12-19/h8-12H,2,5-7,13-15H2,1,3-4H3/b18-8-/t20-/m1/s1. The van der Waals surface area contributed by atoms with E-state index in [4.69, 9.17) is 0 Å². The maximum Gasteiger partial charge on any atom is 0.0201 e. The predicted molar refractivity (Wildman–Crippen MR) is 89.1 cm³/mol. The summed E-state index contributed by atoms with van der Waals surface area (Å²) in [5, 5.41) is 0. The molecule has 1 fully saturated rings. The lowest BCUT2D eigenvalue weighted by molar-refractivity contribution is 0.353. The Morgan fingerprint density at radius 3 is 2.50 bits per heavy atom. The van der Waals surface area contributed by atoms with Crippen LogP contribution in [0.5, 0.6) is 0 Å². The molecule has 2 rings (SSSR count). The summed E-state index contributed by atoms with van der Waals surface area (Å²) in [5.41, 5.74) is 6.03. The van der Waals surface area contributed by atoms with Crippen molar-refractivity contribution in [2.45, 2.75) is 64.7 Å². The number of benzene rings is 1. The van der Waals surface area contributed by atoms with Crippen LogP contribution in [0.25, 0.3) is 0 Å². The molecule has 1 aromatic carbocycles. The maximum atomic E-state index is 4.17. The van der Waals surface area contributed by atoms with Crippen LogP contribution in [-0.4, -0.2) is 0 Å². The molecule has 1 aromatic rings. The third-order valence-corrected chi connectivity index (χ3v) is 4.59. The third kappa shape index (κ3) is 3.06. The van der Waals surface area contributed by atoms with Gasteiger partial charge in [0.2, 0.25) is 0 Å². The normalized spacial score (nSPS) is 23.6. The zero-order valence-corrected chi connectivity index (χ0v) is 13.3. The Balaban J connectivity index is 2.29. The van der Waals surface area contributed by atoms with Gasteiger partial charge in [-0.05, 0) is 45.1 Å². The summed E-state index contributed by atoms with van der Waals surface area (Å²) in [7, 11) is 0. The van der Waals surface area contributed by atoms with Gasteiger partial charge < -0.3 is 0 Å². The van der Waals surface area contributed by atoms with Gasteiger partial charge in [0, 0.05) is 5.41 Å². The van der Waals surface area contributed by atoms with Crippen LogP contribution in [0, 0.1) is 6.92 Å². The summed E-state index contributed by atoms with van der Waals surface area (Å²) < 4.78 is 0. The number of allylic oxidation sites excluding steroid dienone is 3. The molecule has 0 aromatic heterocycles. The Morgan fingerprint density at radius 1 is 1.30 bits per heavy atom. The third-order valence-electron chi connectivity index (χ3n) is 4.59. The Kier molecular flexibility index (Phi) is 4.86. The van der Waals surface area contributed by atoms with Gasteiger partial charge in [0.1, 0.15) is 0 Å². The lowest BCUT2D eigenvalue weighted by Crippen LogP contribution is -2.37. The summed E-state index contributed by atoms with van der Waals surface area (Å²) in [5.74, 6) is 0. The number of unbranched alkanes of at least 4 members (excludes halogenated alkanes) is 2. The summed E-state index contributed by atoms with van der Waals surface area (Å²) in [6, 6.07) is 9.14. The second kappa shape index (κ2) is 6.43. The zero-order chi connectivity index (χ0) is 14.6. The lowest BCUT2D eigenvalue weighted by atomic mass is 9.57. The van der Waals surface area contributed by atoms with Crippen molar-refractivity contribution in [1.82, 2.24) is 0 Å². The minimum Gasteiger partial charge on any atom is -0.100 e. The van der Waals surface area contributed by atoms with E-state index in [1.807, 2.05) is 0 Å². The van der Waals surface area contributed by atoms with Crippen LogP contribution in [0.2, 0.25) is 0 Å². The number of rotatable bonds is 6. The first-order chi connectivity index (χ1) is 9.58. The highest BCUT2D eigenvalue weighted by atomic mass is 14.5. The Hall–Kier alpha value is -1.30. The fraction of sp³-hybridized carbons (Fsp3) is 0.500. The van der Waals surface area contributed by atoms with Gasteiger partial charge in [-0.3, -0.25) is 0 Å². The van der Waals surface area contributed by atoms with Gasteiger partial charge in [-0.1, -0.05) is 66.8 Å². The molecule has 0 heterocycles. The van der Waals surface area contributed by atoms with Crippen molar-refractivity contribution in [3.8, 4) is 0 Å². The monoisotopic (exact) mass is 268 g/mol. The molecule has 0 aliphatic heterocycles. The van der Waals surface area contributed by atoms with Crippen LogP contribution < -0.4 is 0 Å². The zero-order valence-electron chi connectivity index (χ0n) is 13.3. The van der Waals surface area contributed by atoms with Gasteiger partial charge >= 0.3 is 0 Å². The second-order valence-electron chi connectivity index (χ2n) is 6.45. The highest BCUT2D eigenvalue weighted by Crippen LogP contribution is 2.52. The van der Waals surface area contributed by atoms with E-state index in [2.05, 4.69) is 57.7 Å². The molecule has 0 unspecified atom stereocenters. The van der Waals surface area contributed by atoms with E-state index in [-0.39, 0.29) is 5.41 Å². The van der Waals surface area contributed by atoms with E-state index in [0.717, 1.165) is 6.42 Å². The van der Waals surface area contributed by atoms with Crippen LogP contribution >= 0.6 is 0 Å². The van der Waals surface area contributed by atoms with E-state index in [9.17, 15) is 0 Å². The summed E-state index contributed by atoms with van der Waals surface area (Å²) in [6.45, 7) is 10.8. The highest BCUT2D eigenvalue weighted by molar-refractivity contribution is 5.44. The van der Waals surface area contributed by atoms with E-state index in [1.165, 1.54) is 48.8 Å². The van der Waals surface area contributed by atoms with E-state index < -0.39 is 0 Å². The molecular weight excluding hydrogens is 240 g/mol. The fourth-order valence-corrected chi connectivity index (χ4v) is 3.37. The van der Waals surface area contributed by atoms with E-state index >= 15 is 0 Å². The van der Waals surface area contributed by atoms with Crippen LogP contribution in [-0.2, 0) is 5.41 Å². The van der Waals surface area contributed by atoms with Crippen molar-refractivity contribution in [3.05, 3.63) is 59.2 Å². The van der Waals surface area contributed by atoms with Crippen molar-refractivity contribution < 1.29 is 0 Å². The molecule has 20 heavy (non-hydrogen) atoms. The van der Waals surface area contributed by atoms with Crippen LogP contribution in [0.4, 0.5) is 0 Å². The Bertz CT molecular complexity index is 489. The molecule has 0 radical (unpaired) electrons. The molecule has 108 valence electrons. The summed E-state index contributed by atoms with van der Waals surface area (Å²) in [6.07, 6.45) is 9.98. The number of aryl methyl sites for hydroxylation is 1. The predicted octanol–water partition coefficient (Wildman–Crippen LogP) is 6.11. The van der Waals surface area contributed by atoms with Crippen molar-refractivity contribution in [1.29, 1.82) is 0 Å². The van der Waals surface area contributed by atoms with Crippen molar-refractivity contribution >= 4 is 0 Å². The van der Waals surface area contributed by atoms with Crippen molar-refractivity contribution in [3.63, 3.8) is 0 Å². The molecule has 0 spiro atoms. The van der Waals surface area contributed by atoms with Gasteiger partial charge in [0.15, 0.2) is 0 Å². The smallest absolute Gasteiger partial charge is 0.0201 e. The number of hydrogen-bond donors (Lipinski definition) is 0. The van der Waals surface area contributed by atoms with Gasteiger partial charge in [0.25, 0.3) is 0 Å². The molecule has 1 aliphatic carbocycles. The summed E-state index contributed by atoms with van der Waals surface area (Å²) >= 11 is 0. The average molecular weight is 268 g/mol. The molecule has 1 atom stereocenters. The molecule has 0 N–H and O–H groups in total. The van der Waals surface area contributed by atoms with E-state index in [1.54, 1.807) is 5.57 Å². The summed E-state index contributed by atoms with van der Waals surface area (Å²) in [4.78, 5) is 0. The van der Waals surface area contributed by atoms with Gasteiger partial charge in [-0.2, -0.15) is 0 Å². The Morgan fingerprint density at radius 2 is 2.00 bits per heavy atom. The van der Waals surface area contributed by atoms with Gasteiger partial charge in [-0.25, -0.2) is 0 Å². The van der Waals surface area contributed by atoms with Gasteiger partial charge in [0.05, 0.1) is 0 Å².